The molecule has 40 heavy (non-hydrogen) atoms. The zero-order valence-corrected chi connectivity index (χ0v) is 23.1. The normalized spacial score (nSPS) is 12.9. The number of thiophene rings is 1. The Balaban J connectivity index is 1.37. The number of anilines is 3. The number of nitrogens with one attached hydrogen (secondary N) is 1. The van der Waals surface area contributed by atoms with Crippen molar-refractivity contribution in [2.75, 3.05) is 23.9 Å². The fourth-order valence-electron chi connectivity index (χ4n) is 4.80. The average Bonchev–Trinajstić information content (AvgIpc) is 3.58. The molecule has 4 aromatic heterocycles. The minimum absolute atomic E-state index is 0.0425. The predicted molar refractivity (Wildman–Crippen MR) is 154 cm³/mol. The molecule has 11 nitrogen and oxygen atoms in total. The first-order valence-electron chi connectivity index (χ1n) is 12.8. The number of nitrogens with zero attached hydrogens (tertiary/aromatic N) is 6. The number of nitrogens with two attached hydrogens (primary N) is 1. The highest BCUT2D eigenvalue weighted by Crippen LogP contribution is 2.41. The molecule has 204 valence electrons. The van der Waals surface area contributed by atoms with Crippen LogP contribution >= 0.6 is 11.3 Å². The quantitative estimate of drug-likeness (QED) is 0.281. The van der Waals surface area contributed by atoms with Gasteiger partial charge in [-0.1, -0.05) is 0 Å². The summed E-state index contributed by atoms with van der Waals surface area (Å²) in [5.74, 6) is 1.89. The number of rotatable bonds is 8. The topological polar surface area (TPSA) is 133 Å². The first-order chi connectivity index (χ1) is 19.4. The van der Waals surface area contributed by atoms with Crippen molar-refractivity contribution in [3.05, 3.63) is 65.8 Å². The highest BCUT2D eigenvalue weighted by Gasteiger charge is 2.24. The summed E-state index contributed by atoms with van der Waals surface area (Å²) in [7, 11) is 1.53. The maximum Gasteiger partial charge on any atom is 0.259 e. The Labute approximate surface area is 234 Å². The van der Waals surface area contributed by atoms with Crippen molar-refractivity contribution in [2.24, 2.45) is 5.73 Å². The van der Waals surface area contributed by atoms with E-state index in [1.54, 1.807) is 18.5 Å². The van der Waals surface area contributed by atoms with E-state index in [2.05, 4.69) is 29.7 Å². The first-order valence-corrected chi connectivity index (χ1v) is 13.6. The van der Waals surface area contributed by atoms with Crippen molar-refractivity contribution in [1.29, 1.82) is 0 Å². The smallest absolute Gasteiger partial charge is 0.259 e. The van der Waals surface area contributed by atoms with E-state index in [9.17, 15) is 4.79 Å². The van der Waals surface area contributed by atoms with Crippen molar-refractivity contribution in [3.8, 4) is 22.8 Å². The van der Waals surface area contributed by atoms with Crippen molar-refractivity contribution in [3.63, 3.8) is 0 Å². The van der Waals surface area contributed by atoms with Crippen LogP contribution in [0.5, 0.6) is 11.6 Å². The molecule has 0 atom stereocenters. The third kappa shape index (κ3) is 4.77. The number of pyridine rings is 1. The number of fused-ring (bicyclic) bond motifs is 2. The summed E-state index contributed by atoms with van der Waals surface area (Å²) in [4.78, 5) is 33.1. The second-order valence-corrected chi connectivity index (χ2v) is 10.6. The number of hydrogen-bond donors (Lipinski definition) is 2. The molecule has 0 saturated carbocycles. The molecule has 5 aromatic rings. The van der Waals surface area contributed by atoms with E-state index in [-0.39, 0.29) is 6.10 Å². The number of amides is 1. The Morgan fingerprint density at radius 3 is 2.83 bits per heavy atom. The molecular formula is C28H28N8O3S. The maximum absolute atomic E-state index is 12.4. The molecule has 1 amide bonds. The molecule has 1 aliphatic rings. The Morgan fingerprint density at radius 2 is 2.02 bits per heavy atom. The van der Waals surface area contributed by atoms with E-state index in [0.717, 1.165) is 41.5 Å². The molecule has 5 heterocycles. The largest absolute Gasteiger partial charge is 0.489 e. The van der Waals surface area contributed by atoms with E-state index in [0.29, 0.717) is 39.1 Å². The summed E-state index contributed by atoms with van der Waals surface area (Å²) < 4.78 is 14.6. The summed E-state index contributed by atoms with van der Waals surface area (Å²) in [6.07, 6.45) is 7.12. The van der Waals surface area contributed by atoms with Crippen LogP contribution in [0.15, 0.2) is 55.1 Å². The van der Waals surface area contributed by atoms with E-state index in [1.165, 1.54) is 18.4 Å². The van der Waals surface area contributed by atoms with Gasteiger partial charge in [0, 0.05) is 54.6 Å². The highest BCUT2D eigenvalue weighted by atomic mass is 32.1. The molecule has 6 rings (SSSR count). The lowest BCUT2D eigenvalue weighted by Gasteiger charge is -2.30. The monoisotopic (exact) mass is 556 g/mol. The van der Waals surface area contributed by atoms with Gasteiger partial charge in [-0.25, -0.2) is 19.9 Å². The number of methoxy groups -OCH3 is 1. The lowest BCUT2D eigenvalue weighted by atomic mass is 10.1. The minimum atomic E-state index is -0.554. The van der Waals surface area contributed by atoms with Crippen LogP contribution < -0.4 is 25.4 Å². The van der Waals surface area contributed by atoms with E-state index >= 15 is 0 Å². The van der Waals surface area contributed by atoms with Gasteiger partial charge < -0.3 is 30.0 Å². The molecule has 0 aliphatic carbocycles. The van der Waals surface area contributed by atoms with Crippen LogP contribution in [0.25, 0.3) is 21.3 Å². The molecule has 0 fully saturated rings. The molecule has 1 aliphatic heterocycles. The van der Waals surface area contributed by atoms with Gasteiger partial charge in [-0.3, -0.25) is 4.79 Å². The molecule has 0 bridgehead atoms. The van der Waals surface area contributed by atoms with Crippen LogP contribution in [0, 0.1) is 0 Å². The van der Waals surface area contributed by atoms with Crippen LogP contribution in [0.4, 0.5) is 17.3 Å². The summed E-state index contributed by atoms with van der Waals surface area (Å²) >= 11 is 1.24. The van der Waals surface area contributed by atoms with Crippen LogP contribution in [-0.4, -0.2) is 50.2 Å². The van der Waals surface area contributed by atoms with Gasteiger partial charge in [0.15, 0.2) is 0 Å². The number of primary amides is 1. The van der Waals surface area contributed by atoms with Crippen LogP contribution in [0.2, 0.25) is 0 Å². The summed E-state index contributed by atoms with van der Waals surface area (Å²) in [5.41, 5.74) is 9.30. The SMILES string of the molecule is COc1ncccc1-c1c(C(N)=O)sc2cnc(Nc3ccc(N4CCn5ccnc5C4)cc3OC(C)C)nc12. The third-order valence-electron chi connectivity index (χ3n) is 6.57. The molecule has 3 N–H and O–H groups in total. The summed E-state index contributed by atoms with van der Waals surface area (Å²) in [5, 5.41) is 3.32. The molecule has 0 spiro atoms. The van der Waals surface area contributed by atoms with Gasteiger partial charge >= 0.3 is 0 Å². The second kappa shape index (κ2) is 10.5. The van der Waals surface area contributed by atoms with E-state index in [4.69, 9.17) is 20.2 Å². The van der Waals surface area contributed by atoms with Crippen molar-refractivity contribution < 1.29 is 14.3 Å². The first kappa shape index (κ1) is 25.6. The minimum Gasteiger partial charge on any atom is -0.489 e. The van der Waals surface area contributed by atoms with Gasteiger partial charge in [0.05, 0.1) is 41.9 Å². The maximum atomic E-state index is 12.4. The number of carbonyl (C=O) groups excluding carboxylic acids is 1. The fourth-order valence-corrected chi connectivity index (χ4v) is 5.78. The third-order valence-corrected chi connectivity index (χ3v) is 7.70. The average molecular weight is 557 g/mol. The van der Waals surface area contributed by atoms with Gasteiger partial charge in [-0.2, -0.15) is 0 Å². The number of imidazole rings is 1. The standard InChI is InChI=1S/C28H28N8O3S/c1-16(2)39-20-13-17(36-12-11-35-10-9-30-22(35)15-36)6-7-19(20)33-28-32-14-21-24(34-28)23(25(40-21)26(29)37)18-5-4-8-31-27(18)38-3/h4-10,13-14,16H,11-12,15H2,1-3H3,(H2,29,37)(H,32,33,34). The van der Waals surface area contributed by atoms with Crippen LogP contribution in [0.3, 0.4) is 0 Å². The molecule has 0 saturated heterocycles. The van der Waals surface area contributed by atoms with Crippen molar-refractivity contribution in [1.82, 2.24) is 24.5 Å². The van der Waals surface area contributed by atoms with E-state index in [1.807, 2.05) is 50.5 Å². The number of hydrogen-bond acceptors (Lipinski definition) is 10. The van der Waals surface area contributed by atoms with Crippen LogP contribution in [0.1, 0.15) is 29.3 Å². The van der Waals surface area contributed by atoms with Gasteiger partial charge in [-0.15, -0.1) is 11.3 Å². The summed E-state index contributed by atoms with van der Waals surface area (Å²) in [6.45, 7) is 6.45. The van der Waals surface area contributed by atoms with E-state index < -0.39 is 5.91 Å². The highest BCUT2D eigenvalue weighted by molar-refractivity contribution is 7.21. The number of ether oxygens (including phenoxy) is 2. The van der Waals surface area contributed by atoms with Gasteiger partial charge in [0.2, 0.25) is 11.8 Å². The number of carbonyl (C=O) groups is 1. The molecular weight excluding hydrogens is 528 g/mol. The molecule has 1 aromatic carbocycles. The van der Waals surface area contributed by atoms with Gasteiger partial charge in [0.1, 0.15) is 16.5 Å². The zero-order valence-electron chi connectivity index (χ0n) is 22.3. The molecule has 12 heteroatoms. The van der Waals surface area contributed by atoms with Gasteiger partial charge in [-0.05, 0) is 38.1 Å². The number of benzene rings is 1. The van der Waals surface area contributed by atoms with Crippen LogP contribution in [-0.2, 0) is 13.1 Å². The fraction of sp³-hybridized carbons (Fsp3) is 0.250. The summed E-state index contributed by atoms with van der Waals surface area (Å²) in [6, 6.07) is 9.65. The molecule has 0 radical (unpaired) electrons. The Bertz CT molecular complexity index is 1710. The molecule has 0 unspecified atom stereocenters. The second-order valence-electron chi connectivity index (χ2n) is 9.57. The Morgan fingerprint density at radius 1 is 1.15 bits per heavy atom. The van der Waals surface area contributed by atoms with Crippen molar-refractivity contribution >= 4 is 44.8 Å². The zero-order chi connectivity index (χ0) is 27.8. The Kier molecular flexibility index (Phi) is 6.68. The lowest BCUT2D eigenvalue weighted by molar-refractivity contribution is 0.100. The predicted octanol–water partition coefficient (Wildman–Crippen LogP) is 4.61. The lowest BCUT2D eigenvalue weighted by Crippen LogP contribution is -2.33. The Hall–Kier alpha value is -4.71. The number of aromatic nitrogens is 5. The van der Waals surface area contributed by atoms with Gasteiger partial charge in [0.25, 0.3) is 5.91 Å². The van der Waals surface area contributed by atoms with Crippen molar-refractivity contribution in [2.45, 2.75) is 33.0 Å².